The number of nitrogens with two attached hydrogens (primary N) is 1. The van der Waals surface area contributed by atoms with E-state index in [2.05, 4.69) is 10.0 Å². The van der Waals surface area contributed by atoms with E-state index in [0.29, 0.717) is 22.6 Å². The molecule has 0 saturated carbocycles. The maximum Gasteiger partial charge on any atom is 0.262 e. The van der Waals surface area contributed by atoms with Crippen LogP contribution in [0.3, 0.4) is 0 Å². The molecule has 0 aliphatic carbocycles. The Kier molecular flexibility index (Phi) is 6.77. The SMILES string of the molecule is COc1ccccc1NS(=O)(=O)c1ccc(C(=O)Nc2cc(S(N)(=O)=O)cc(C)c2C)cc1. The van der Waals surface area contributed by atoms with E-state index in [-0.39, 0.29) is 21.0 Å². The van der Waals surface area contributed by atoms with Crippen LogP contribution in [0, 0.1) is 13.8 Å². The molecule has 0 bridgehead atoms. The molecule has 0 atom stereocenters. The molecule has 0 aliphatic rings. The lowest BCUT2D eigenvalue weighted by molar-refractivity contribution is 0.102. The number of anilines is 2. The highest BCUT2D eigenvalue weighted by molar-refractivity contribution is 7.92. The first-order valence-electron chi connectivity index (χ1n) is 9.63. The molecule has 0 unspecified atom stereocenters. The monoisotopic (exact) mass is 489 g/mol. The third-order valence-electron chi connectivity index (χ3n) is 5.00. The van der Waals surface area contributed by atoms with Gasteiger partial charge in [-0.05, 0) is 73.5 Å². The molecule has 3 rings (SSSR count). The molecule has 0 fully saturated rings. The van der Waals surface area contributed by atoms with Crippen molar-refractivity contribution in [1.29, 1.82) is 0 Å². The molecule has 4 N–H and O–H groups in total. The quantitative estimate of drug-likeness (QED) is 0.465. The van der Waals surface area contributed by atoms with E-state index in [4.69, 9.17) is 9.88 Å². The van der Waals surface area contributed by atoms with Crippen molar-refractivity contribution in [3.63, 3.8) is 0 Å². The van der Waals surface area contributed by atoms with Gasteiger partial charge in [0.05, 0.1) is 22.6 Å². The third-order valence-corrected chi connectivity index (χ3v) is 7.27. The minimum Gasteiger partial charge on any atom is -0.495 e. The van der Waals surface area contributed by atoms with Crippen LogP contribution in [0.25, 0.3) is 0 Å². The van der Waals surface area contributed by atoms with Gasteiger partial charge in [-0.1, -0.05) is 12.1 Å². The van der Waals surface area contributed by atoms with Gasteiger partial charge in [-0.25, -0.2) is 22.0 Å². The zero-order chi connectivity index (χ0) is 24.4. The van der Waals surface area contributed by atoms with Gasteiger partial charge in [-0.3, -0.25) is 9.52 Å². The number of sulfonamides is 2. The highest BCUT2D eigenvalue weighted by atomic mass is 32.2. The molecule has 0 spiro atoms. The Morgan fingerprint density at radius 2 is 1.52 bits per heavy atom. The third kappa shape index (κ3) is 5.51. The van der Waals surface area contributed by atoms with Crippen LogP contribution in [0.1, 0.15) is 21.5 Å². The molecule has 0 radical (unpaired) electrons. The van der Waals surface area contributed by atoms with Gasteiger partial charge < -0.3 is 10.1 Å². The number of ether oxygens (including phenoxy) is 1. The van der Waals surface area contributed by atoms with Crippen LogP contribution in [0.5, 0.6) is 5.75 Å². The molecule has 174 valence electrons. The maximum absolute atomic E-state index is 12.7. The Bertz CT molecular complexity index is 1420. The number of benzene rings is 3. The number of methoxy groups -OCH3 is 1. The van der Waals surface area contributed by atoms with Gasteiger partial charge in [0.25, 0.3) is 15.9 Å². The maximum atomic E-state index is 12.7. The second kappa shape index (κ2) is 9.22. The predicted molar refractivity (Wildman–Crippen MR) is 125 cm³/mol. The lowest BCUT2D eigenvalue weighted by atomic mass is 10.1. The van der Waals surface area contributed by atoms with Gasteiger partial charge in [0, 0.05) is 11.3 Å². The summed E-state index contributed by atoms with van der Waals surface area (Å²) in [6.07, 6.45) is 0. The normalized spacial score (nSPS) is 11.6. The molecular weight excluding hydrogens is 466 g/mol. The van der Waals surface area contributed by atoms with Crippen molar-refractivity contribution in [3.8, 4) is 5.75 Å². The standard InChI is InChI=1S/C22H23N3O6S2/c1-14-12-18(32(23,27)28)13-20(15(14)2)24-22(26)16-8-10-17(11-9-16)33(29,30)25-19-6-4-5-7-21(19)31-3/h4-13,25H,1-3H3,(H,24,26)(H2,23,27,28). The van der Waals surface area contributed by atoms with Gasteiger partial charge in [-0.15, -0.1) is 0 Å². The number of amides is 1. The summed E-state index contributed by atoms with van der Waals surface area (Å²) in [6.45, 7) is 3.44. The zero-order valence-corrected chi connectivity index (χ0v) is 19.7. The number of primary sulfonamides is 1. The first-order valence-corrected chi connectivity index (χ1v) is 12.7. The van der Waals surface area contributed by atoms with Crippen LogP contribution in [-0.4, -0.2) is 29.9 Å². The molecule has 0 saturated heterocycles. The first-order chi connectivity index (χ1) is 15.4. The van der Waals surface area contributed by atoms with Crippen LogP contribution in [0.15, 0.2) is 70.5 Å². The number of rotatable bonds is 7. The van der Waals surface area contributed by atoms with E-state index < -0.39 is 26.0 Å². The van der Waals surface area contributed by atoms with Crippen molar-refractivity contribution in [2.45, 2.75) is 23.6 Å². The van der Waals surface area contributed by atoms with Crippen LogP contribution >= 0.6 is 0 Å². The molecule has 3 aromatic carbocycles. The second-order valence-corrected chi connectivity index (χ2v) is 10.5. The van der Waals surface area contributed by atoms with E-state index in [9.17, 15) is 21.6 Å². The summed E-state index contributed by atoms with van der Waals surface area (Å²) >= 11 is 0. The van der Waals surface area contributed by atoms with E-state index >= 15 is 0 Å². The molecule has 3 aromatic rings. The van der Waals surface area contributed by atoms with Crippen molar-refractivity contribution in [1.82, 2.24) is 0 Å². The van der Waals surface area contributed by atoms with E-state index in [1.165, 1.54) is 43.5 Å². The molecule has 11 heteroatoms. The Hall–Kier alpha value is -3.41. The van der Waals surface area contributed by atoms with Crippen molar-refractivity contribution in [3.05, 3.63) is 77.4 Å². The lowest BCUT2D eigenvalue weighted by Gasteiger charge is -2.13. The molecule has 33 heavy (non-hydrogen) atoms. The number of hydrogen-bond acceptors (Lipinski definition) is 6. The largest absolute Gasteiger partial charge is 0.495 e. The molecular formula is C22H23N3O6S2. The highest BCUT2D eigenvalue weighted by Gasteiger charge is 2.18. The van der Waals surface area contributed by atoms with Gasteiger partial charge >= 0.3 is 0 Å². The van der Waals surface area contributed by atoms with Crippen LogP contribution in [0.2, 0.25) is 0 Å². The highest BCUT2D eigenvalue weighted by Crippen LogP contribution is 2.27. The van der Waals surface area contributed by atoms with Gasteiger partial charge in [0.2, 0.25) is 10.0 Å². The van der Waals surface area contributed by atoms with Gasteiger partial charge in [0.1, 0.15) is 5.75 Å². The van der Waals surface area contributed by atoms with Gasteiger partial charge in [0.15, 0.2) is 0 Å². The number of para-hydroxylation sites is 2. The smallest absolute Gasteiger partial charge is 0.262 e. The minimum atomic E-state index is -3.95. The topological polar surface area (TPSA) is 145 Å². The van der Waals surface area contributed by atoms with E-state index in [1.54, 1.807) is 38.1 Å². The second-order valence-electron chi connectivity index (χ2n) is 7.24. The fourth-order valence-electron chi connectivity index (χ4n) is 3.03. The van der Waals surface area contributed by atoms with Crippen molar-refractivity contribution in [2.75, 3.05) is 17.1 Å². The van der Waals surface area contributed by atoms with Crippen LogP contribution in [0.4, 0.5) is 11.4 Å². The molecule has 1 amide bonds. The van der Waals surface area contributed by atoms with Crippen LogP contribution in [-0.2, 0) is 20.0 Å². The summed E-state index contributed by atoms with van der Waals surface area (Å²) in [6, 6.07) is 14.6. The lowest BCUT2D eigenvalue weighted by Crippen LogP contribution is -2.17. The average molecular weight is 490 g/mol. The van der Waals surface area contributed by atoms with E-state index in [0.717, 1.165) is 0 Å². The molecule has 0 aromatic heterocycles. The van der Waals surface area contributed by atoms with Crippen molar-refractivity contribution >= 4 is 37.3 Å². The summed E-state index contributed by atoms with van der Waals surface area (Å²) in [4.78, 5) is 12.5. The average Bonchev–Trinajstić information content (AvgIpc) is 2.76. The summed E-state index contributed by atoms with van der Waals surface area (Å²) in [5, 5.41) is 7.86. The number of carbonyl (C=O) groups excluding carboxylic acids is 1. The van der Waals surface area contributed by atoms with Crippen molar-refractivity contribution in [2.24, 2.45) is 5.14 Å². The van der Waals surface area contributed by atoms with Crippen LogP contribution < -0.4 is 19.9 Å². The van der Waals surface area contributed by atoms with Crippen molar-refractivity contribution < 1.29 is 26.4 Å². The Balaban J connectivity index is 1.83. The molecule has 0 heterocycles. The Morgan fingerprint density at radius 1 is 0.879 bits per heavy atom. The fraction of sp³-hybridized carbons (Fsp3) is 0.136. The minimum absolute atomic E-state index is 0.0480. The fourth-order valence-corrected chi connectivity index (χ4v) is 4.73. The number of carbonyl (C=O) groups is 1. The zero-order valence-electron chi connectivity index (χ0n) is 18.1. The Morgan fingerprint density at radius 3 is 2.12 bits per heavy atom. The first kappa shape index (κ1) is 24.2. The summed E-state index contributed by atoms with van der Waals surface area (Å²) in [7, 11) is -6.44. The Labute approximate surface area is 192 Å². The number of nitrogens with one attached hydrogen (secondary N) is 2. The van der Waals surface area contributed by atoms with E-state index in [1.807, 2.05) is 0 Å². The molecule has 0 aliphatic heterocycles. The van der Waals surface area contributed by atoms with Gasteiger partial charge in [-0.2, -0.15) is 0 Å². The molecule has 9 nitrogen and oxygen atoms in total. The summed E-state index contributed by atoms with van der Waals surface area (Å²) in [5.41, 5.74) is 2.07. The number of hydrogen-bond donors (Lipinski definition) is 3. The summed E-state index contributed by atoms with van der Waals surface area (Å²) in [5.74, 6) is -0.171. The predicted octanol–water partition coefficient (Wildman–Crippen LogP) is 3.01. The summed E-state index contributed by atoms with van der Waals surface area (Å²) < 4.78 is 56.5. The number of aryl methyl sites for hydroxylation is 1.